The van der Waals surface area contributed by atoms with Gasteiger partial charge in [-0.3, -0.25) is 4.79 Å². The average molecular weight is 477 g/mol. The number of carboxylic acids is 1. The molecular formula is C27H28N2O6. The Morgan fingerprint density at radius 2 is 1.63 bits per heavy atom. The fraction of sp³-hybridized carbons (Fsp3) is 0.296. The van der Waals surface area contributed by atoms with Crippen LogP contribution in [0, 0.1) is 5.92 Å². The highest BCUT2D eigenvalue weighted by molar-refractivity contribution is 5.84. The maximum absolute atomic E-state index is 12.3. The lowest BCUT2D eigenvalue weighted by atomic mass is 9.98. The Morgan fingerprint density at radius 3 is 2.26 bits per heavy atom. The van der Waals surface area contributed by atoms with E-state index in [4.69, 9.17) is 14.3 Å². The summed E-state index contributed by atoms with van der Waals surface area (Å²) in [5.74, 6) is -1.37. The van der Waals surface area contributed by atoms with Gasteiger partial charge in [0.1, 0.15) is 12.4 Å². The van der Waals surface area contributed by atoms with E-state index >= 15 is 0 Å². The third kappa shape index (κ3) is 5.71. The van der Waals surface area contributed by atoms with Crippen LogP contribution in [0.3, 0.4) is 0 Å². The molecule has 0 saturated carbocycles. The standard InChI is InChI=1S/C27H28N2O6/c1-17(25(30)29-15-18-12-13-24(35-18)26(31)32)7-6-14-28-27(33)34-16-23-21-10-4-2-8-19(21)20-9-3-5-11-22(20)23/h2-5,8-13,17,23H,6-7,14-16H2,1H3,(H,28,33)(H,29,30)(H,31,32). The van der Waals surface area contributed by atoms with Gasteiger partial charge in [0.05, 0.1) is 6.54 Å². The van der Waals surface area contributed by atoms with Crippen LogP contribution in [-0.4, -0.2) is 36.2 Å². The van der Waals surface area contributed by atoms with Gasteiger partial charge >= 0.3 is 12.1 Å². The van der Waals surface area contributed by atoms with Crippen LogP contribution >= 0.6 is 0 Å². The molecule has 3 aromatic rings. The van der Waals surface area contributed by atoms with Gasteiger partial charge in [0, 0.05) is 18.4 Å². The van der Waals surface area contributed by atoms with Crippen LogP contribution in [-0.2, 0) is 16.1 Å². The molecule has 3 N–H and O–H groups in total. The number of benzene rings is 2. The summed E-state index contributed by atoms with van der Waals surface area (Å²) in [6.07, 6.45) is 0.715. The van der Waals surface area contributed by atoms with Gasteiger partial charge in [-0.1, -0.05) is 55.5 Å². The highest BCUT2D eigenvalue weighted by atomic mass is 16.5. The predicted molar refractivity (Wildman–Crippen MR) is 129 cm³/mol. The zero-order valence-electron chi connectivity index (χ0n) is 19.5. The molecule has 0 aliphatic heterocycles. The number of alkyl carbamates (subject to hydrolysis) is 1. The van der Waals surface area contributed by atoms with Crippen molar-refractivity contribution >= 4 is 18.0 Å². The monoisotopic (exact) mass is 476 g/mol. The second-order valence-electron chi connectivity index (χ2n) is 8.58. The highest BCUT2D eigenvalue weighted by Gasteiger charge is 2.29. The number of furan rings is 1. The largest absolute Gasteiger partial charge is 0.475 e. The molecule has 1 aliphatic rings. The summed E-state index contributed by atoms with van der Waals surface area (Å²) < 4.78 is 10.6. The number of aromatic carboxylic acids is 1. The number of rotatable bonds is 10. The molecule has 0 bridgehead atoms. The van der Waals surface area contributed by atoms with Crippen molar-refractivity contribution in [2.24, 2.45) is 5.92 Å². The highest BCUT2D eigenvalue weighted by Crippen LogP contribution is 2.44. The maximum atomic E-state index is 12.3. The number of hydrogen-bond donors (Lipinski definition) is 3. The summed E-state index contributed by atoms with van der Waals surface area (Å²) in [6, 6.07) is 19.2. The Kier molecular flexibility index (Phi) is 7.50. The number of amides is 2. The first-order valence-corrected chi connectivity index (χ1v) is 11.6. The molecule has 0 spiro atoms. The molecule has 2 aromatic carbocycles. The molecule has 1 unspecified atom stereocenters. The summed E-state index contributed by atoms with van der Waals surface area (Å²) in [5, 5.41) is 14.4. The lowest BCUT2D eigenvalue weighted by Gasteiger charge is -2.15. The van der Waals surface area contributed by atoms with E-state index in [1.807, 2.05) is 24.3 Å². The SMILES string of the molecule is CC(CCCNC(=O)OCC1c2ccccc2-c2ccccc21)C(=O)NCc1ccc(C(=O)O)o1. The number of fused-ring (bicyclic) bond motifs is 3. The second-order valence-corrected chi connectivity index (χ2v) is 8.58. The lowest BCUT2D eigenvalue weighted by Crippen LogP contribution is -2.30. The van der Waals surface area contributed by atoms with Crippen LogP contribution in [0.2, 0.25) is 0 Å². The molecule has 1 atom stereocenters. The van der Waals surface area contributed by atoms with Crippen LogP contribution in [0.4, 0.5) is 4.79 Å². The molecule has 0 radical (unpaired) electrons. The Labute approximate surface area is 203 Å². The molecule has 4 rings (SSSR count). The minimum atomic E-state index is -1.15. The van der Waals surface area contributed by atoms with Crippen molar-refractivity contribution < 1.29 is 28.6 Å². The number of carbonyl (C=O) groups excluding carboxylic acids is 2. The summed E-state index contributed by atoms with van der Waals surface area (Å²) >= 11 is 0. The fourth-order valence-electron chi connectivity index (χ4n) is 4.32. The molecule has 2 amide bonds. The summed E-state index contributed by atoms with van der Waals surface area (Å²) in [6.45, 7) is 2.57. The van der Waals surface area contributed by atoms with Gasteiger partial charge in [-0.25, -0.2) is 9.59 Å². The smallest absolute Gasteiger partial charge is 0.407 e. The molecule has 0 fully saturated rings. The van der Waals surface area contributed by atoms with Crippen molar-refractivity contribution in [2.75, 3.05) is 13.2 Å². The number of carboxylic acid groups (broad SMARTS) is 1. The van der Waals surface area contributed by atoms with Gasteiger partial charge in [-0.2, -0.15) is 0 Å². The zero-order chi connectivity index (χ0) is 24.8. The first-order chi connectivity index (χ1) is 16.9. The van der Waals surface area contributed by atoms with Crippen molar-refractivity contribution in [3.8, 4) is 11.1 Å². The zero-order valence-corrected chi connectivity index (χ0v) is 19.5. The van der Waals surface area contributed by atoms with Crippen molar-refractivity contribution in [1.82, 2.24) is 10.6 Å². The molecule has 8 heteroatoms. The quantitative estimate of drug-likeness (QED) is 0.370. The van der Waals surface area contributed by atoms with Gasteiger partial charge in [-0.15, -0.1) is 0 Å². The van der Waals surface area contributed by atoms with Gasteiger partial charge in [0.15, 0.2) is 0 Å². The molecule has 1 heterocycles. The van der Waals surface area contributed by atoms with Crippen LogP contribution in [0.25, 0.3) is 11.1 Å². The number of ether oxygens (including phenoxy) is 1. The third-order valence-electron chi connectivity index (χ3n) is 6.18. The molecule has 35 heavy (non-hydrogen) atoms. The number of hydrogen-bond acceptors (Lipinski definition) is 5. The van der Waals surface area contributed by atoms with Crippen LogP contribution in [0.1, 0.15) is 53.1 Å². The van der Waals surface area contributed by atoms with Gasteiger partial charge in [0.25, 0.3) is 0 Å². The Bertz CT molecular complexity index is 1170. The lowest BCUT2D eigenvalue weighted by molar-refractivity contribution is -0.124. The van der Waals surface area contributed by atoms with E-state index in [1.165, 1.54) is 23.3 Å². The van der Waals surface area contributed by atoms with Crippen molar-refractivity contribution in [1.29, 1.82) is 0 Å². The molecule has 0 saturated heterocycles. The van der Waals surface area contributed by atoms with E-state index in [1.54, 1.807) is 6.92 Å². The number of carbonyl (C=O) groups is 3. The minimum Gasteiger partial charge on any atom is -0.475 e. The topological polar surface area (TPSA) is 118 Å². The predicted octanol–water partition coefficient (Wildman–Crippen LogP) is 4.55. The van der Waals surface area contributed by atoms with Crippen molar-refractivity contribution in [3.05, 3.63) is 83.3 Å². The molecule has 1 aromatic heterocycles. The maximum Gasteiger partial charge on any atom is 0.407 e. The Balaban J connectivity index is 1.16. The van der Waals surface area contributed by atoms with Crippen molar-refractivity contribution in [3.63, 3.8) is 0 Å². The van der Waals surface area contributed by atoms with Crippen LogP contribution < -0.4 is 10.6 Å². The summed E-state index contributed by atoms with van der Waals surface area (Å²) in [7, 11) is 0. The fourth-order valence-corrected chi connectivity index (χ4v) is 4.32. The summed E-state index contributed by atoms with van der Waals surface area (Å²) in [4.78, 5) is 35.3. The van der Waals surface area contributed by atoms with E-state index in [0.717, 1.165) is 11.1 Å². The van der Waals surface area contributed by atoms with Gasteiger partial charge in [-0.05, 0) is 47.2 Å². The average Bonchev–Trinajstić information content (AvgIpc) is 3.47. The van der Waals surface area contributed by atoms with E-state index in [9.17, 15) is 14.4 Å². The molecule has 182 valence electrons. The van der Waals surface area contributed by atoms with Gasteiger partial charge in [0.2, 0.25) is 11.7 Å². The Hall–Kier alpha value is -4.07. The van der Waals surface area contributed by atoms with Crippen LogP contribution in [0.15, 0.2) is 65.1 Å². The van der Waals surface area contributed by atoms with E-state index in [-0.39, 0.29) is 36.7 Å². The molecular weight excluding hydrogens is 448 g/mol. The first kappa shape index (κ1) is 24.1. The molecule has 1 aliphatic carbocycles. The Morgan fingerprint density at radius 1 is 0.971 bits per heavy atom. The van der Waals surface area contributed by atoms with Crippen LogP contribution in [0.5, 0.6) is 0 Å². The normalized spacial score (nSPS) is 12.9. The van der Waals surface area contributed by atoms with E-state index in [2.05, 4.69) is 34.9 Å². The number of nitrogens with one attached hydrogen (secondary N) is 2. The second kappa shape index (κ2) is 10.9. The summed E-state index contributed by atoms with van der Waals surface area (Å²) in [5.41, 5.74) is 4.68. The van der Waals surface area contributed by atoms with Gasteiger partial charge < -0.3 is 24.9 Å². The van der Waals surface area contributed by atoms with E-state index in [0.29, 0.717) is 25.1 Å². The van der Waals surface area contributed by atoms with Crippen molar-refractivity contribution in [2.45, 2.75) is 32.2 Å². The third-order valence-corrected chi connectivity index (χ3v) is 6.18. The minimum absolute atomic E-state index is 0.0117. The molecule has 8 nitrogen and oxygen atoms in total. The first-order valence-electron chi connectivity index (χ1n) is 11.6. The van der Waals surface area contributed by atoms with E-state index < -0.39 is 12.1 Å².